The van der Waals surface area contributed by atoms with Gasteiger partial charge in [0.15, 0.2) is 5.65 Å². The molecular formula is C24H26N4O. The minimum atomic E-state index is -0.0222. The molecule has 4 aliphatic carbocycles. The van der Waals surface area contributed by atoms with Gasteiger partial charge in [0, 0.05) is 17.8 Å². The zero-order chi connectivity index (χ0) is 19.5. The smallest absolute Gasteiger partial charge is 0.257 e. The summed E-state index contributed by atoms with van der Waals surface area (Å²) in [4.78, 5) is 17.7. The van der Waals surface area contributed by atoms with Gasteiger partial charge in [-0.3, -0.25) is 4.79 Å². The summed E-state index contributed by atoms with van der Waals surface area (Å²) in [5.74, 6) is 3.11. The number of amides is 1. The Labute approximate surface area is 170 Å². The summed E-state index contributed by atoms with van der Waals surface area (Å²) in [5, 5.41) is 7.91. The molecule has 4 saturated carbocycles. The van der Waals surface area contributed by atoms with Crippen LogP contribution in [0.4, 0.5) is 0 Å². The standard InChI is InChI=1S/C24H26N4O/c1-14-2-4-17(5-3-14)21-6-7-25-23-20(13-26-28(21)23)24(29)27-22-18-9-15-8-16(11-18)12-19(22)10-15/h2-7,13,15-16,18-19,22H,8-12H2,1H3,(H,27,29). The van der Waals surface area contributed by atoms with Crippen molar-refractivity contribution < 1.29 is 4.79 Å². The maximum absolute atomic E-state index is 13.2. The quantitative estimate of drug-likeness (QED) is 0.732. The summed E-state index contributed by atoms with van der Waals surface area (Å²) in [6, 6.07) is 10.6. The van der Waals surface area contributed by atoms with Gasteiger partial charge in [-0.25, -0.2) is 9.50 Å². The van der Waals surface area contributed by atoms with Crippen LogP contribution in [-0.2, 0) is 0 Å². The van der Waals surface area contributed by atoms with E-state index in [4.69, 9.17) is 0 Å². The van der Waals surface area contributed by atoms with Gasteiger partial charge in [0.1, 0.15) is 5.56 Å². The summed E-state index contributed by atoms with van der Waals surface area (Å²) >= 11 is 0. The van der Waals surface area contributed by atoms with Crippen molar-refractivity contribution in [1.82, 2.24) is 19.9 Å². The van der Waals surface area contributed by atoms with Gasteiger partial charge < -0.3 is 5.32 Å². The molecule has 4 aliphatic rings. The van der Waals surface area contributed by atoms with Crippen molar-refractivity contribution in [2.45, 2.75) is 45.1 Å². The first kappa shape index (κ1) is 17.2. The first-order chi connectivity index (χ1) is 14.2. The molecule has 7 rings (SSSR count). The van der Waals surface area contributed by atoms with E-state index in [-0.39, 0.29) is 5.91 Å². The maximum atomic E-state index is 13.2. The fourth-order valence-corrected chi connectivity index (χ4v) is 6.38. The second-order valence-electron chi connectivity index (χ2n) is 9.42. The number of hydrogen-bond acceptors (Lipinski definition) is 3. The molecule has 2 aromatic heterocycles. The zero-order valence-electron chi connectivity index (χ0n) is 16.7. The largest absolute Gasteiger partial charge is 0.349 e. The number of aryl methyl sites for hydroxylation is 1. The number of hydrogen-bond donors (Lipinski definition) is 1. The van der Waals surface area contributed by atoms with Crippen LogP contribution in [0, 0.1) is 30.6 Å². The number of aromatic nitrogens is 3. The Morgan fingerprint density at radius 2 is 1.69 bits per heavy atom. The molecule has 0 atom stereocenters. The van der Waals surface area contributed by atoms with E-state index in [9.17, 15) is 4.79 Å². The van der Waals surface area contributed by atoms with Gasteiger partial charge in [0.05, 0.1) is 11.9 Å². The lowest BCUT2D eigenvalue weighted by Crippen LogP contribution is -2.55. The molecule has 4 bridgehead atoms. The fourth-order valence-electron chi connectivity index (χ4n) is 6.38. The average molecular weight is 386 g/mol. The monoisotopic (exact) mass is 386 g/mol. The molecule has 4 fully saturated rings. The van der Waals surface area contributed by atoms with E-state index in [0.717, 1.165) is 23.1 Å². The Bertz CT molecular complexity index is 1060. The Hall–Kier alpha value is -2.69. The summed E-state index contributed by atoms with van der Waals surface area (Å²) in [7, 11) is 0. The number of rotatable bonds is 3. The van der Waals surface area contributed by atoms with Crippen molar-refractivity contribution in [2.75, 3.05) is 0 Å². The third-order valence-electron chi connectivity index (χ3n) is 7.52. The second kappa shape index (κ2) is 6.41. The average Bonchev–Trinajstić information content (AvgIpc) is 3.15. The van der Waals surface area contributed by atoms with Gasteiger partial charge in [-0.2, -0.15) is 5.10 Å². The Balaban J connectivity index is 1.30. The predicted octanol–water partition coefficient (Wildman–Crippen LogP) is 4.26. The van der Waals surface area contributed by atoms with E-state index >= 15 is 0 Å². The number of nitrogens with zero attached hydrogens (tertiary/aromatic N) is 3. The molecule has 29 heavy (non-hydrogen) atoms. The van der Waals surface area contributed by atoms with Crippen molar-refractivity contribution >= 4 is 11.6 Å². The summed E-state index contributed by atoms with van der Waals surface area (Å²) in [6.45, 7) is 2.08. The highest BCUT2D eigenvalue weighted by Gasteiger charge is 2.48. The molecular weight excluding hydrogens is 360 g/mol. The Morgan fingerprint density at radius 3 is 2.38 bits per heavy atom. The van der Waals surface area contributed by atoms with Crippen LogP contribution in [0.5, 0.6) is 0 Å². The molecule has 148 valence electrons. The van der Waals surface area contributed by atoms with E-state index in [1.807, 2.05) is 6.07 Å². The Kier molecular flexibility index (Phi) is 3.80. The molecule has 0 unspecified atom stereocenters. The first-order valence-corrected chi connectivity index (χ1v) is 10.9. The number of carbonyl (C=O) groups excluding carboxylic acids is 1. The molecule has 5 heteroatoms. The second-order valence-corrected chi connectivity index (χ2v) is 9.42. The lowest BCUT2D eigenvalue weighted by Gasteiger charge is -2.54. The molecule has 0 aliphatic heterocycles. The van der Waals surface area contributed by atoms with Crippen molar-refractivity contribution in [3.63, 3.8) is 0 Å². The van der Waals surface area contributed by atoms with E-state index in [1.54, 1.807) is 16.9 Å². The van der Waals surface area contributed by atoms with Crippen molar-refractivity contribution in [2.24, 2.45) is 23.7 Å². The number of benzene rings is 1. The molecule has 0 saturated heterocycles. The number of nitrogens with one attached hydrogen (secondary N) is 1. The van der Waals surface area contributed by atoms with Gasteiger partial charge in [-0.15, -0.1) is 0 Å². The minimum Gasteiger partial charge on any atom is -0.349 e. The minimum absolute atomic E-state index is 0.0222. The third kappa shape index (κ3) is 2.78. The van der Waals surface area contributed by atoms with E-state index < -0.39 is 0 Å². The maximum Gasteiger partial charge on any atom is 0.257 e. The van der Waals surface area contributed by atoms with E-state index in [1.165, 1.54) is 37.7 Å². The normalized spacial score (nSPS) is 30.0. The zero-order valence-corrected chi connectivity index (χ0v) is 16.7. The van der Waals surface area contributed by atoms with Gasteiger partial charge in [0.25, 0.3) is 5.91 Å². The van der Waals surface area contributed by atoms with Gasteiger partial charge >= 0.3 is 0 Å². The van der Waals surface area contributed by atoms with E-state index in [2.05, 4.69) is 46.6 Å². The molecule has 1 amide bonds. The number of fused-ring (bicyclic) bond motifs is 1. The van der Waals surface area contributed by atoms with Crippen LogP contribution in [0.3, 0.4) is 0 Å². The Morgan fingerprint density at radius 1 is 1.00 bits per heavy atom. The lowest BCUT2D eigenvalue weighted by molar-refractivity contribution is -0.0119. The number of carbonyl (C=O) groups is 1. The van der Waals surface area contributed by atoms with Gasteiger partial charge in [-0.1, -0.05) is 29.8 Å². The first-order valence-electron chi connectivity index (χ1n) is 10.9. The molecule has 1 N–H and O–H groups in total. The highest BCUT2D eigenvalue weighted by Crippen LogP contribution is 2.53. The van der Waals surface area contributed by atoms with Crippen LogP contribution >= 0.6 is 0 Å². The van der Waals surface area contributed by atoms with Crippen molar-refractivity contribution in [3.8, 4) is 11.3 Å². The molecule has 0 radical (unpaired) electrons. The summed E-state index contributed by atoms with van der Waals surface area (Å²) < 4.78 is 1.79. The van der Waals surface area contributed by atoms with Crippen molar-refractivity contribution in [3.05, 3.63) is 53.9 Å². The van der Waals surface area contributed by atoms with Crippen LogP contribution in [-0.4, -0.2) is 26.5 Å². The van der Waals surface area contributed by atoms with Crippen LogP contribution < -0.4 is 5.32 Å². The SMILES string of the molecule is Cc1ccc(-c2ccnc3c(C(=O)NC4C5CC6CC(C5)CC4C6)cnn23)cc1. The predicted molar refractivity (Wildman–Crippen MR) is 111 cm³/mol. The van der Waals surface area contributed by atoms with Crippen LogP contribution in [0.15, 0.2) is 42.7 Å². The van der Waals surface area contributed by atoms with Crippen LogP contribution in [0.25, 0.3) is 16.9 Å². The van der Waals surface area contributed by atoms with E-state index in [0.29, 0.717) is 29.1 Å². The molecule has 5 nitrogen and oxygen atoms in total. The highest BCUT2D eigenvalue weighted by atomic mass is 16.1. The fraction of sp³-hybridized carbons (Fsp3) is 0.458. The summed E-state index contributed by atoms with van der Waals surface area (Å²) in [6.07, 6.45) is 10.0. The molecule has 1 aromatic carbocycles. The molecule has 2 heterocycles. The van der Waals surface area contributed by atoms with Gasteiger partial charge in [0.2, 0.25) is 0 Å². The molecule has 0 spiro atoms. The molecule has 3 aromatic rings. The lowest BCUT2D eigenvalue weighted by atomic mass is 9.54. The van der Waals surface area contributed by atoms with Crippen LogP contribution in [0.1, 0.15) is 48.0 Å². The van der Waals surface area contributed by atoms with Crippen LogP contribution in [0.2, 0.25) is 0 Å². The highest BCUT2D eigenvalue weighted by molar-refractivity contribution is 6.00. The summed E-state index contributed by atoms with van der Waals surface area (Å²) in [5.41, 5.74) is 4.44. The van der Waals surface area contributed by atoms with Gasteiger partial charge in [-0.05, 0) is 68.8 Å². The topological polar surface area (TPSA) is 59.3 Å². The third-order valence-corrected chi connectivity index (χ3v) is 7.52. The van der Waals surface area contributed by atoms with Crippen molar-refractivity contribution in [1.29, 1.82) is 0 Å².